The van der Waals surface area contributed by atoms with E-state index in [-0.39, 0.29) is 0 Å². The lowest BCUT2D eigenvalue weighted by Crippen LogP contribution is -1.97. The highest BCUT2D eigenvalue weighted by molar-refractivity contribution is 5.76. The summed E-state index contributed by atoms with van der Waals surface area (Å²) in [6.45, 7) is 4.94. The van der Waals surface area contributed by atoms with E-state index in [1.807, 2.05) is 80.6 Å². The van der Waals surface area contributed by atoms with Gasteiger partial charge < -0.3 is 5.73 Å². The van der Waals surface area contributed by atoms with E-state index in [9.17, 15) is 4.79 Å². The van der Waals surface area contributed by atoms with Gasteiger partial charge in [-0.1, -0.05) is 24.3 Å². The molecule has 7 nitrogen and oxygen atoms in total. The summed E-state index contributed by atoms with van der Waals surface area (Å²) in [4.78, 5) is 30.8. The number of aliphatic imine (C=N–C) groups is 1. The average molecular weight is 441 g/mol. The molecule has 0 aliphatic rings. The molecule has 0 saturated carbocycles. The maximum absolute atomic E-state index is 10.1. The Morgan fingerprint density at radius 3 is 1.79 bits per heavy atom. The third-order valence-electron chi connectivity index (χ3n) is 4.08. The molecule has 0 aromatic carbocycles. The SMILES string of the molecule is Cc1cccc(C=NCc2ccccn2)n1.Cc1cccc(C=O)n1.NCc1ccccn1. The summed E-state index contributed by atoms with van der Waals surface area (Å²) in [5.41, 5.74) is 10.4. The second-order valence-electron chi connectivity index (χ2n) is 6.84. The fourth-order valence-electron chi connectivity index (χ4n) is 2.51. The zero-order valence-electron chi connectivity index (χ0n) is 18.9. The van der Waals surface area contributed by atoms with Crippen LogP contribution in [0.15, 0.2) is 90.2 Å². The molecule has 4 aromatic rings. The molecule has 4 heterocycles. The summed E-state index contributed by atoms with van der Waals surface area (Å²) in [5.74, 6) is 0. The van der Waals surface area contributed by atoms with E-state index in [0.29, 0.717) is 18.8 Å². The number of nitrogens with zero attached hydrogens (tertiary/aromatic N) is 5. The van der Waals surface area contributed by atoms with Crippen molar-refractivity contribution in [1.29, 1.82) is 0 Å². The second-order valence-corrected chi connectivity index (χ2v) is 6.84. The first-order valence-corrected chi connectivity index (χ1v) is 10.4. The van der Waals surface area contributed by atoms with Crippen LogP contribution in [0.4, 0.5) is 0 Å². The fourth-order valence-corrected chi connectivity index (χ4v) is 2.51. The number of carbonyl (C=O) groups is 1. The summed E-state index contributed by atoms with van der Waals surface area (Å²) in [5, 5.41) is 0. The van der Waals surface area contributed by atoms with Crippen LogP contribution in [0.5, 0.6) is 0 Å². The topological polar surface area (TPSA) is 107 Å². The number of pyridine rings is 4. The van der Waals surface area contributed by atoms with Gasteiger partial charge in [0.05, 0.1) is 23.6 Å². The van der Waals surface area contributed by atoms with Crippen molar-refractivity contribution < 1.29 is 4.79 Å². The van der Waals surface area contributed by atoms with Gasteiger partial charge in [0.2, 0.25) is 0 Å². The largest absolute Gasteiger partial charge is 0.325 e. The minimum Gasteiger partial charge on any atom is -0.325 e. The maximum atomic E-state index is 10.1. The standard InChI is InChI=1S/C13H13N3.C7H7NO.C6H8N2/c1-11-5-4-7-13(16-11)10-14-9-12-6-2-3-8-15-12;1-6-3-2-4-7(5-9)8-6;7-5-6-3-1-2-4-8-6/h2-8,10H,9H2,1H3;2-5H,1H3;1-4H,5,7H2. The number of aryl methyl sites for hydroxylation is 2. The van der Waals surface area contributed by atoms with E-state index in [0.717, 1.165) is 34.8 Å². The first-order valence-electron chi connectivity index (χ1n) is 10.4. The molecule has 4 aromatic heterocycles. The average Bonchev–Trinajstić information content (AvgIpc) is 2.86. The lowest BCUT2D eigenvalue weighted by Gasteiger charge is -1.95. The minimum absolute atomic E-state index is 0.495. The summed E-state index contributed by atoms with van der Waals surface area (Å²) in [6.07, 6.45) is 6.03. The number of carbonyl (C=O) groups excluding carboxylic acids is 1. The number of aromatic nitrogens is 4. The lowest BCUT2D eigenvalue weighted by molar-refractivity contribution is 0.111. The second kappa shape index (κ2) is 14.8. The van der Waals surface area contributed by atoms with Gasteiger partial charge in [0.1, 0.15) is 5.69 Å². The van der Waals surface area contributed by atoms with Crippen LogP contribution < -0.4 is 5.73 Å². The van der Waals surface area contributed by atoms with Crippen LogP contribution in [0, 0.1) is 13.8 Å². The van der Waals surface area contributed by atoms with Gasteiger partial charge in [-0.3, -0.25) is 29.7 Å². The van der Waals surface area contributed by atoms with Crippen LogP contribution in [0.3, 0.4) is 0 Å². The highest BCUT2D eigenvalue weighted by Gasteiger charge is 1.91. The lowest BCUT2D eigenvalue weighted by atomic mass is 10.3. The molecule has 0 unspecified atom stereocenters. The van der Waals surface area contributed by atoms with Gasteiger partial charge in [-0.2, -0.15) is 0 Å². The van der Waals surface area contributed by atoms with Crippen molar-refractivity contribution in [3.05, 3.63) is 119 Å². The van der Waals surface area contributed by atoms with Gasteiger partial charge in [-0.25, -0.2) is 0 Å². The number of rotatable bonds is 5. The van der Waals surface area contributed by atoms with Crippen LogP contribution in [0.1, 0.15) is 39.0 Å². The fraction of sp³-hybridized carbons (Fsp3) is 0.154. The highest BCUT2D eigenvalue weighted by atomic mass is 16.1. The Morgan fingerprint density at radius 1 is 0.758 bits per heavy atom. The van der Waals surface area contributed by atoms with Crippen molar-refractivity contribution in [2.75, 3.05) is 0 Å². The van der Waals surface area contributed by atoms with Gasteiger partial charge in [-0.15, -0.1) is 0 Å². The van der Waals surface area contributed by atoms with Crippen molar-refractivity contribution >= 4 is 12.5 Å². The Kier molecular flexibility index (Phi) is 11.3. The molecular weight excluding hydrogens is 412 g/mol. The quantitative estimate of drug-likeness (QED) is 0.369. The molecule has 33 heavy (non-hydrogen) atoms. The Hall–Kier alpha value is -4.10. The molecule has 0 spiro atoms. The van der Waals surface area contributed by atoms with Crippen molar-refractivity contribution in [3.8, 4) is 0 Å². The third-order valence-corrected chi connectivity index (χ3v) is 4.08. The number of nitrogens with two attached hydrogens (primary N) is 1. The van der Waals surface area contributed by atoms with E-state index < -0.39 is 0 Å². The monoisotopic (exact) mass is 440 g/mol. The van der Waals surface area contributed by atoms with Crippen molar-refractivity contribution in [2.45, 2.75) is 26.9 Å². The first-order chi connectivity index (χ1) is 16.1. The molecule has 4 rings (SSSR count). The van der Waals surface area contributed by atoms with Gasteiger partial charge in [0.15, 0.2) is 6.29 Å². The summed E-state index contributed by atoms with van der Waals surface area (Å²) < 4.78 is 0. The third kappa shape index (κ3) is 10.7. The van der Waals surface area contributed by atoms with Gasteiger partial charge >= 0.3 is 0 Å². The zero-order chi connectivity index (χ0) is 23.7. The molecule has 0 radical (unpaired) electrons. The van der Waals surface area contributed by atoms with Crippen LogP contribution >= 0.6 is 0 Å². The van der Waals surface area contributed by atoms with Gasteiger partial charge in [0.25, 0.3) is 0 Å². The first kappa shape index (κ1) is 25.2. The summed E-state index contributed by atoms with van der Waals surface area (Å²) in [7, 11) is 0. The Bertz CT molecular complexity index is 1120. The van der Waals surface area contributed by atoms with Crippen molar-refractivity contribution in [2.24, 2.45) is 10.7 Å². The van der Waals surface area contributed by atoms with E-state index in [1.54, 1.807) is 24.7 Å². The molecule has 0 fully saturated rings. The Morgan fingerprint density at radius 2 is 1.33 bits per heavy atom. The molecule has 0 atom stereocenters. The molecule has 0 bridgehead atoms. The predicted molar refractivity (Wildman–Crippen MR) is 131 cm³/mol. The van der Waals surface area contributed by atoms with E-state index in [1.165, 1.54) is 0 Å². The van der Waals surface area contributed by atoms with E-state index in [4.69, 9.17) is 5.73 Å². The maximum Gasteiger partial charge on any atom is 0.168 e. The molecule has 0 aliphatic heterocycles. The van der Waals surface area contributed by atoms with Crippen molar-refractivity contribution in [1.82, 2.24) is 19.9 Å². The van der Waals surface area contributed by atoms with Crippen LogP contribution in [-0.2, 0) is 13.1 Å². The molecule has 0 saturated heterocycles. The van der Waals surface area contributed by atoms with Crippen LogP contribution in [0.2, 0.25) is 0 Å². The van der Waals surface area contributed by atoms with Gasteiger partial charge in [0, 0.05) is 36.5 Å². The highest BCUT2D eigenvalue weighted by Crippen LogP contribution is 1.98. The molecule has 168 valence electrons. The smallest absolute Gasteiger partial charge is 0.168 e. The molecule has 7 heteroatoms. The summed E-state index contributed by atoms with van der Waals surface area (Å²) in [6, 6.07) is 22.8. The zero-order valence-corrected chi connectivity index (χ0v) is 18.9. The molecule has 0 aliphatic carbocycles. The molecular formula is C26H28N6O. The Labute approximate surface area is 194 Å². The molecule has 2 N–H and O–H groups in total. The normalized spacial score (nSPS) is 9.91. The van der Waals surface area contributed by atoms with E-state index in [2.05, 4.69) is 24.9 Å². The van der Waals surface area contributed by atoms with Crippen molar-refractivity contribution in [3.63, 3.8) is 0 Å². The van der Waals surface area contributed by atoms with Crippen LogP contribution in [-0.4, -0.2) is 32.4 Å². The number of hydrogen-bond acceptors (Lipinski definition) is 7. The molecule has 0 amide bonds. The summed E-state index contributed by atoms with van der Waals surface area (Å²) >= 11 is 0. The minimum atomic E-state index is 0.495. The van der Waals surface area contributed by atoms with Gasteiger partial charge in [-0.05, 0) is 62.4 Å². The number of aldehydes is 1. The van der Waals surface area contributed by atoms with E-state index >= 15 is 0 Å². The Balaban J connectivity index is 0.000000192. The van der Waals surface area contributed by atoms with Crippen LogP contribution in [0.25, 0.3) is 0 Å². The predicted octanol–water partition coefficient (Wildman–Crippen LogP) is 4.15. The number of hydrogen-bond donors (Lipinski definition) is 1.